The van der Waals surface area contributed by atoms with Gasteiger partial charge < -0.3 is 19.1 Å². The van der Waals surface area contributed by atoms with Crippen LogP contribution in [0.4, 0.5) is 0 Å². The van der Waals surface area contributed by atoms with Gasteiger partial charge in [0.25, 0.3) is 5.56 Å². The molecule has 0 spiro atoms. The summed E-state index contributed by atoms with van der Waals surface area (Å²) in [6, 6.07) is 7.64. The fourth-order valence-electron chi connectivity index (χ4n) is 7.03. The third kappa shape index (κ3) is 4.71. The molecule has 13 nitrogen and oxygen atoms in total. The number of phenols is 1. The van der Waals surface area contributed by atoms with Gasteiger partial charge in [0.1, 0.15) is 11.4 Å². The summed E-state index contributed by atoms with van der Waals surface area (Å²) in [5.41, 5.74) is 2.32. The predicted octanol–water partition coefficient (Wildman–Crippen LogP) is 2.77. The lowest BCUT2D eigenvalue weighted by Crippen LogP contribution is -2.40. The summed E-state index contributed by atoms with van der Waals surface area (Å²) in [4.78, 5) is 72.5. The minimum atomic E-state index is -0.715. The van der Waals surface area contributed by atoms with Crippen LogP contribution >= 0.6 is 22.6 Å². The Bertz CT molecular complexity index is 2390. The first-order valence-corrected chi connectivity index (χ1v) is 16.3. The number of halogens is 1. The Balaban J connectivity index is 1.29. The summed E-state index contributed by atoms with van der Waals surface area (Å²) in [7, 11) is 4.61. The first-order valence-electron chi connectivity index (χ1n) is 15.2. The number of allylic oxidation sites excluding steroid dienone is 6. The molecule has 2 aromatic heterocycles. The zero-order valence-electron chi connectivity index (χ0n) is 26.4. The van der Waals surface area contributed by atoms with E-state index in [1.807, 2.05) is 28.7 Å². The molecule has 2 aliphatic carbocycles. The maximum absolute atomic E-state index is 14.1. The molecule has 0 saturated heterocycles. The average Bonchev–Trinajstić information content (AvgIpc) is 3.32. The van der Waals surface area contributed by atoms with Crippen molar-refractivity contribution in [2.24, 2.45) is 7.05 Å². The van der Waals surface area contributed by atoms with Crippen molar-refractivity contribution in [3.8, 4) is 17.2 Å². The number of ether oxygens (including phenoxy) is 2. The van der Waals surface area contributed by atoms with Crippen LogP contribution in [0.3, 0.4) is 0 Å². The number of ketones is 2. The standard InChI is InChI=1S/C34H30IN5O8/c1-16-11-17(5-6-25(16)41)29-18-7-10-39-33(45)38(34(46)40(39)23(18)12-19-26(42)13-20(35)31(43)30(19)29)9-8-21-32(44)37(2)24-15-28(48-4)27(47-3)14-22(24)36-21/h5-7,11,13-15,23,29,41H,8-10,12H2,1-4H3. The van der Waals surface area contributed by atoms with E-state index in [2.05, 4.69) is 4.98 Å². The molecule has 0 fully saturated rings. The maximum atomic E-state index is 14.1. The van der Waals surface area contributed by atoms with Crippen LogP contribution < -0.4 is 26.4 Å². The molecule has 0 bridgehead atoms. The molecular weight excluding hydrogens is 733 g/mol. The van der Waals surface area contributed by atoms with Crippen molar-refractivity contribution in [2.75, 3.05) is 14.2 Å². The van der Waals surface area contributed by atoms with Crippen LogP contribution in [-0.2, 0) is 36.1 Å². The van der Waals surface area contributed by atoms with E-state index in [9.17, 15) is 29.1 Å². The molecule has 3 aliphatic rings. The number of phenolic OH excluding ortho intramolecular Hbond substituents is 1. The van der Waals surface area contributed by atoms with Crippen LogP contribution in [-0.4, -0.2) is 54.4 Å². The van der Waals surface area contributed by atoms with Crippen molar-refractivity contribution in [1.29, 1.82) is 0 Å². The highest BCUT2D eigenvalue weighted by molar-refractivity contribution is 14.1. The highest BCUT2D eigenvalue weighted by atomic mass is 127. The number of fused-ring (bicyclic) bond motifs is 4. The van der Waals surface area contributed by atoms with Crippen molar-refractivity contribution in [2.45, 2.75) is 44.8 Å². The van der Waals surface area contributed by atoms with E-state index in [1.165, 1.54) is 34.2 Å². The van der Waals surface area contributed by atoms with E-state index in [0.717, 1.165) is 10.1 Å². The number of hydrogen-bond donors (Lipinski definition) is 1. The second kappa shape index (κ2) is 11.6. The zero-order chi connectivity index (χ0) is 34.2. The van der Waals surface area contributed by atoms with Crippen molar-refractivity contribution in [1.82, 2.24) is 23.5 Å². The molecule has 1 N–H and O–H groups in total. The number of benzene rings is 2. The summed E-state index contributed by atoms with van der Waals surface area (Å²) < 4.78 is 16.3. The van der Waals surface area contributed by atoms with Crippen molar-refractivity contribution < 1.29 is 24.2 Å². The van der Waals surface area contributed by atoms with Gasteiger partial charge in [0.05, 0.1) is 41.4 Å². The van der Waals surface area contributed by atoms with Gasteiger partial charge in [-0.05, 0) is 52.3 Å². The smallest absolute Gasteiger partial charge is 0.347 e. The van der Waals surface area contributed by atoms with Crippen LogP contribution in [0, 0.1) is 6.92 Å². The minimum Gasteiger partial charge on any atom is -0.508 e. The van der Waals surface area contributed by atoms with Gasteiger partial charge in [-0.15, -0.1) is 0 Å². The second-order valence-electron chi connectivity index (χ2n) is 12.0. The molecule has 0 saturated carbocycles. The number of hydrogen-bond acceptors (Lipinski definition) is 9. The van der Waals surface area contributed by atoms with Crippen LogP contribution in [0.15, 0.2) is 77.2 Å². The Labute approximate surface area is 286 Å². The summed E-state index contributed by atoms with van der Waals surface area (Å²) in [5, 5.41) is 10.2. The molecule has 14 heteroatoms. The van der Waals surface area contributed by atoms with Crippen LogP contribution in [0.1, 0.15) is 35.2 Å². The fraction of sp³-hybridized carbons (Fsp3) is 0.294. The molecule has 2 atom stereocenters. The Morgan fingerprint density at radius 1 is 1.02 bits per heavy atom. The van der Waals surface area contributed by atoms with Gasteiger partial charge in [0, 0.05) is 61.7 Å². The van der Waals surface area contributed by atoms with E-state index in [1.54, 1.807) is 44.3 Å². The molecular formula is C34H30IN5O8. The number of aryl methyl sites for hydroxylation is 3. The Kier molecular flexibility index (Phi) is 7.64. The largest absolute Gasteiger partial charge is 0.508 e. The number of carbonyl (C=O) groups is 2. The first kappa shape index (κ1) is 31.6. The lowest BCUT2D eigenvalue weighted by Gasteiger charge is -2.39. The SMILES string of the molecule is COc1cc2nc(CCn3c(=O)n4n(c3=O)C3CC5=C(C(=O)C(I)=CC5=O)C(c5ccc(O)c(C)c5)C3=CC4)c(=O)n(C)c2cc1OC. The molecule has 246 valence electrons. The third-order valence-electron chi connectivity index (χ3n) is 9.46. The molecule has 4 aromatic rings. The quantitative estimate of drug-likeness (QED) is 0.177. The predicted molar refractivity (Wildman–Crippen MR) is 183 cm³/mol. The summed E-state index contributed by atoms with van der Waals surface area (Å²) in [6.07, 6.45) is 3.21. The number of Topliss-reactive ketones (excluding diaryl/α,β-unsaturated/α-hetero) is 1. The first-order chi connectivity index (χ1) is 22.9. The van der Waals surface area contributed by atoms with Gasteiger partial charge in [-0.3, -0.25) is 14.4 Å². The third-order valence-corrected chi connectivity index (χ3v) is 10.3. The van der Waals surface area contributed by atoms with Crippen LogP contribution in [0.2, 0.25) is 0 Å². The minimum absolute atomic E-state index is 0.00199. The molecule has 7 rings (SSSR count). The summed E-state index contributed by atoms with van der Waals surface area (Å²) in [5.74, 6) is -0.251. The average molecular weight is 764 g/mol. The number of methoxy groups -OCH3 is 2. The van der Waals surface area contributed by atoms with Crippen molar-refractivity contribution in [3.63, 3.8) is 0 Å². The van der Waals surface area contributed by atoms with Crippen molar-refractivity contribution in [3.05, 3.63) is 111 Å². The molecule has 0 amide bonds. The van der Waals surface area contributed by atoms with E-state index >= 15 is 0 Å². The highest BCUT2D eigenvalue weighted by Crippen LogP contribution is 2.50. The molecule has 2 unspecified atom stereocenters. The van der Waals surface area contributed by atoms with E-state index in [0.29, 0.717) is 48.4 Å². The number of aromatic hydroxyl groups is 1. The van der Waals surface area contributed by atoms with Crippen molar-refractivity contribution >= 4 is 45.2 Å². The lowest BCUT2D eigenvalue weighted by molar-refractivity contribution is -0.115. The van der Waals surface area contributed by atoms with Gasteiger partial charge in [-0.1, -0.05) is 18.2 Å². The second-order valence-corrected chi connectivity index (χ2v) is 13.2. The maximum Gasteiger partial charge on any atom is 0.347 e. The summed E-state index contributed by atoms with van der Waals surface area (Å²) >= 11 is 1.87. The normalized spacial score (nSPS) is 18.7. The Hall–Kier alpha value is -4.99. The topological polar surface area (TPSA) is 157 Å². The van der Waals surface area contributed by atoms with Crippen LogP contribution in [0.25, 0.3) is 11.0 Å². The number of carbonyl (C=O) groups excluding carboxylic acids is 2. The van der Waals surface area contributed by atoms with Gasteiger partial charge in [0.15, 0.2) is 23.1 Å². The van der Waals surface area contributed by atoms with Gasteiger partial charge in [-0.25, -0.2) is 28.5 Å². The summed E-state index contributed by atoms with van der Waals surface area (Å²) in [6.45, 7) is 1.70. The van der Waals surface area contributed by atoms with Gasteiger partial charge >= 0.3 is 11.4 Å². The van der Waals surface area contributed by atoms with E-state index in [4.69, 9.17) is 9.47 Å². The van der Waals surface area contributed by atoms with Gasteiger partial charge in [-0.2, -0.15) is 0 Å². The number of rotatable bonds is 6. The number of aromatic nitrogens is 5. The Morgan fingerprint density at radius 2 is 1.75 bits per heavy atom. The molecule has 0 radical (unpaired) electrons. The zero-order valence-corrected chi connectivity index (χ0v) is 28.6. The highest BCUT2D eigenvalue weighted by Gasteiger charge is 2.45. The molecule has 2 aromatic carbocycles. The lowest BCUT2D eigenvalue weighted by atomic mass is 9.68. The molecule has 3 heterocycles. The van der Waals surface area contributed by atoms with Crippen LogP contribution in [0.5, 0.6) is 17.2 Å². The Morgan fingerprint density at radius 3 is 2.46 bits per heavy atom. The molecule has 48 heavy (non-hydrogen) atoms. The molecule has 1 aliphatic heterocycles. The number of nitrogens with zero attached hydrogens (tertiary/aromatic N) is 5. The fourth-order valence-corrected chi connectivity index (χ4v) is 7.61. The van der Waals surface area contributed by atoms with E-state index in [-0.39, 0.29) is 54.5 Å². The van der Waals surface area contributed by atoms with E-state index < -0.39 is 23.3 Å². The monoisotopic (exact) mass is 763 g/mol. The van der Waals surface area contributed by atoms with Gasteiger partial charge in [0.2, 0.25) is 0 Å².